The normalized spacial score (nSPS) is 17.2. The average molecular weight is 456 g/mol. The molecule has 1 aliphatic heterocycles. The summed E-state index contributed by atoms with van der Waals surface area (Å²) in [4.78, 5) is 39.7. The Hall–Kier alpha value is -2.94. The first-order valence-electron chi connectivity index (χ1n) is 10.9. The molecule has 2 atom stereocenters. The highest BCUT2D eigenvalue weighted by Gasteiger charge is 2.37. The second-order valence-corrected chi connectivity index (χ2v) is 9.77. The number of rotatable bonds is 5. The van der Waals surface area contributed by atoms with Crippen LogP contribution in [0.1, 0.15) is 49.1 Å². The number of H-pyrrole nitrogens is 1. The molecule has 32 heavy (non-hydrogen) atoms. The van der Waals surface area contributed by atoms with E-state index in [1.807, 2.05) is 31.9 Å². The molecule has 3 heterocycles. The number of fused-ring (bicyclic) bond motifs is 1. The number of carbonyl (C=O) groups excluding carboxylic acids is 2. The maximum atomic E-state index is 13.3. The summed E-state index contributed by atoms with van der Waals surface area (Å²) < 4.78 is 5.89. The molecule has 0 spiro atoms. The second kappa shape index (κ2) is 8.90. The quantitative estimate of drug-likeness (QED) is 0.596. The van der Waals surface area contributed by atoms with Crippen LogP contribution in [0, 0.1) is 19.8 Å². The van der Waals surface area contributed by atoms with Crippen LogP contribution >= 0.6 is 11.3 Å². The van der Waals surface area contributed by atoms with Crippen LogP contribution in [0.25, 0.3) is 21.5 Å². The zero-order valence-electron chi connectivity index (χ0n) is 19.1. The monoisotopic (exact) mass is 455 g/mol. The Morgan fingerprint density at radius 2 is 2.09 bits per heavy atom. The number of nitrogens with one attached hydrogen (secondary N) is 2. The summed E-state index contributed by atoms with van der Waals surface area (Å²) in [5.41, 5.74) is 4.09. The number of imidazole rings is 1. The molecule has 2 aromatic heterocycles. The predicted octanol–water partition coefficient (Wildman–Crippen LogP) is 4.35. The van der Waals surface area contributed by atoms with Crippen LogP contribution in [0.3, 0.4) is 0 Å². The summed E-state index contributed by atoms with van der Waals surface area (Å²) in [6.45, 7) is 8.56. The molecule has 8 nitrogen and oxygen atoms in total. The van der Waals surface area contributed by atoms with E-state index in [1.165, 1.54) is 17.4 Å². The Balaban J connectivity index is 1.62. The number of methoxy groups -OCH3 is 1. The number of nitrogens with zero attached hydrogens (tertiary/aromatic N) is 3. The van der Waals surface area contributed by atoms with E-state index in [4.69, 9.17) is 9.72 Å². The number of hydrogen-bond acceptors (Lipinski definition) is 6. The summed E-state index contributed by atoms with van der Waals surface area (Å²) in [5, 5.41) is 3.71. The van der Waals surface area contributed by atoms with Gasteiger partial charge in [-0.3, -0.25) is 4.79 Å². The number of hydrogen-bond donors (Lipinski definition) is 2. The second-order valence-electron chi connectivity index (χ2n) is 8.57. The van der Waals surface area contributed by atoms with E-state index in [2.05, 4.69) is 34.3 Å². The molecule has 0 bridgehead atoms. The lowest BCUT2D eigenvalue weighted by atomic mass is 10.0. The maximum absolute atomic E-state index is 13.3. The van der Waals surface area contributed by atoms with Gasteiger partial charge in [-0.2, -0.15) is 0 Å². The molecule has 3 aromatic rings. The number of carbonyl (C=O) groups is 2. The minimum absolute atomic E-state index is 0.0660. The minimum Gasteiger partial charge on any atom is -0.453 e. The van der Waals surface area contributed by atoms with Crippen molar-refractivity contribution < 1.29 is 14.3 Å². The van der Waals surface area contributed by atoms with Gasteiger partial charge in [0.1, 0.15) is 11.9 Å². The predicted molar refractivity (Wildman–Crippen MR) is 125 cm³/mol. The van der Waals surface area contributed by atoms with E-state index in [0.29, 0.717) is 6.54 Å². The van der Waals surface area contributed by atoms with Crippen LogP contribution in [0.4, 0.5) is 4.79 Å². The Morgan fingerprint density at radius 1 is 1.31 bits per heavy atom. The third-order valence-electron chi connectivity index (χ3n) is 5.98. The van der Waals surface area contributed by atoms with Gasteiger partial charge >= 0.3 is 6.09 Å². The van der Waals surface area contributed by atoms with Crippen molar-refractivity contribution in [1.29, 1.82) is 0 Å². The van der Waals surface area contributed by atoms with E-state index in [9.17, 15) is 9.59 Å². The van der Waals surface area contributed by atoms with Crippen molar-refractivity contribution >= 4 is 33.6 Å². The van der Waals surface area contributed by atoms with Crippen molar-refractivity contribution in [2.24, 2.45) is 5.92 Å². The lowest BCUT2D eigenvalue weighted by Gasteiger charge is -2.30. The number of likely N-dealkylation sites (tertiary alicyclic amines) is 1. The molecule has 9 heteroatoms. The molecule has 1 saturated heterocycles. The van der Waals surface area contributed by atoms with Crippen LogP contribution in [0.15, 0.2) is 18.3 Å². The molecule has 2 N–H and O–H groups in total. The fourth-order valence-corrected chi connectivity index (χ4v) is 5.21. The molecule has 1 aliphatic rings. The van der Waals surface area contributed by atoms with E-state index in [0.717, 1.165) is 40.4 Å². The van der Waals surface area contributed by atoms with E-state index < -0.39 is 12.1 Å². The standard InChI is InChI=1S/C23H29N5O3S/c1-12(2)18(27-23(30)31-5)22(29)28-10-6-7-17(28)21-24-11-16(26-21)15-9-8-13(3)20-19(15)25-14(4)32-20/h8-9,11-12,17-18H,6-7,10H2,1-5H3,(H,24,26)(H,27,30)/t17-,18-/m0/s1. The third-order valence-corrected chi connectivity index (χ3v) is 7.08. The van der Waals surface area contributed by atoms with Crippen molar-refractivity contribution in [3.63, 3.8) is 0 Å². The van der Waals surface area contributed by atoms with Gasteiger partial charge in [0.2, 0.25) is 5.91 Å². The third kappa shape index (κ3) is 4.09. The van der Waals surface area contributed by atoms with Gasteiger partial charge in [-0.05, 0) is 38.2 Å². The Bertz CT molecular complexity index is 1150. The number of thiazole rings is 1. The number of aromatic nitrogens is 3. The largest absolute Gasteiger partial charge is 0.453 e. The topological polar surface area (TPSA) is 100 Å². The van der Waals surface area contributed by atoms with Gasteiger partial charge in [-0.25, -0.2) is 14.8 Å². The van der Waals surface area contributed by atoms with E-state index in [1.54, 1.807) is 11.3 Å². The number of aromatic amines is 1. The molecule has 4 rings (SSSR count). The first-order valence-corrected chi connectivity index (χ1v) is 11.7. The van der Waals surface area contributed by atoms with Gasteiger partial charge in [0, 0.05) is 12.1 Å². The van der Waals surface area contributed by atoms with Crippen LogP contribution in [-0.4, -0.2) is 51.5 Å². The summed E-state index contributed by atoms with van der Waals surface area (Å²) in [6, 6.07) is 3.37. The highest BCUT2D eigenvalue weighted by atomic mass is 32.1. The molecule has 2 amide bonds. The number of alkyl carbamates (subject to hydrolysis) is 1. The van der Waals surface area contributed by atoms with Gasteiger partial charge in [0.25, 0.3) is 0 Å². The van der Waals surface area contributed by atoms with Crippen molar-refractivity contribution in [2.75, 3.05) is 13.7 Å². The lowest BCUT2D eigenvalue weighted by Crippen LogP contribution is -2.51. The van der Waals surface area contributed by atoms with Gasteiger partial charge in [0.15, 0.2) is 0 Å². The molecular formula is C23H29N5O3S. The lowest BCUT2D eigenvalue weighted by molar-refractivity contribution is -0.135. The summed E-state index contributed by atoms with van der Waals surface area (Å²) in [7, 11) is 1.30. The zero-order valence-corrected chi connectivity index (χ0v) is 19.9. The van der Waals surface area contributed by atoms with Gasteiger partial charge < -0.3 is 19.9 Å². The summed E-state index contributed by atoms with van der Waals surface area (Å²) >= 11 is 1.69. The number of ether oxygens (including phenoxy) is 1. The first kappa shape index (κ1) is 22.3. The number of benzene rings is 1. The summed E-state index contributed by atoms with van der Waals surface area (Å²) in [5.74, 6) is 0.578. The highest BCUT2D eigenvalue weighted by molar-refractivity contribution is 7.18. The van der Waals surface area contributed by atoms with Crippen LogP contribution < -0.4 is 5.32 Å². The van der Waals surface area contributed by atoms with Crippen LogP contribution in [0.2, 0.25) is 0 Å². The zero-order chi connectivity index (χ0) is 23.0. The molecule has 170 valence electrons. The number of amides is 2. The van der Waals surface area contributed by atoms with Crippen molar-refractivity contribution in [3.05, 3.63) is 34.7 Å². The van der Waals surface area contributed by atoms with Crippen LogP contribution in [0.5, 0.6) is 0 Å². The Morgan fingerprint density at radius 3 is 2.81 bits per heavy atom. The molecule has 0 unspecified atom stereocenters. The fraction of sp³-hybridized carbons (Fsp3) is 0.478. The molecule has 0 saturated carbocycles. The smallest absolute Gasteiger partial charge is 0.407 e. The minimum atomic E-state index is -0.646. The van der Waals surface area contributed by atoms with Gasteiger partial charge in [0.05, 0.1) is 40.3 Å². The number of aryl methyl sites for hydroxylation is 2. The molecular weight excluding hydrogens is 426 g/mol. The van der Waals surface area contributed by atoms with Crippen LogP contribution in [-0.2, 0) is 9.53 Å². The van der Waals surface area contributed by atoms with Gasteiger partial charge in [-0.1, -0.05) is 26.0 Å². The molecule has 1 fully saturated rings. The maximum Gasteiger partial charge on any atom is 0.407 e. The van der Waals surface area contributed by atoms with Crippen molar-refractivity contribution in [2.45, 2.75) is 52.6 Å². The highest BCUT2D eigenvalue weighted by Crippen LogP contribution is 2.36. The Kier molecular flexibility index (Phi) is 6.19. The average Bonchev–Trinajstić information content (AvgIpc) is 3.50. The van der Waals surface area contributed by atoms with E-state index >= 15 is 0 Å². The van der Waals surface area contributed by atoms with Crippen molar-refractivity contribution in [3.8, 4) is 11.3 Å². The fourth-order valence-electron chi connectivity index (χ4n) is 4.29. The molecule has 0 aliphatic carbocycles. The molecule has 0 radical (unpaired) electrons. The SMILES string of the molecule is COC(=O)N[C@H](C(=O)N1CCC[C@H]1c1ncc(-c2ccc(C)c3sc(C)nc23)[nH]1)C(C)C. The molecule has 1 aromatic carbocycles. The van der Waals surface area contributed by atoms with E-state index in [-0.39, 0.29) is 17.9 Å². The Labute approximate surface area is 191 Å². The first-order chi connectivity index (χ1) is 15.3. The van der Waals surface area contributed by atoms with Crippen molar-refractivity contribution in [1.82, 2.24) is 25.2 Å². The van der Waals surface area contributed by atoms with Gasteiger partial charge in [-0.15, -0.1) is 11.3 Å². The summed E-state index contributed by atoms with van der Waals surface area (Å²) in [6.07, 6.45) is 2.92.